The molecule has 3 rings (SSSR count). The Hall–Kier alpha value is -2.24. The van der Waals surface area contributed by atoms with Crippen molar-refractivity contribution in [1.82, 2.24) is 4.90 Å². The van der Waals surface area contributed by atoms with Crippen LogP contribution in [0.1, 0.15) is 18.4 Å². The number of hydrogen-bond acceptors (Lipinski definition) is 4. The van der Waals surface area contributed by atoms with E-state index in [2.05, 4.69) is 0 Å². The van der Waals surface area contributed by atoms with Gasteiger partial charge < -0.3 is 19.5 Å². The smallest absolute Gasteiger partial charge is 0.326 e. The van der Waals surface area contributed by atoms with Gasteiger partial charge in [0.15, 0.2) is 11.5 Å². The average molecular weight is 291 g/mol. The Bertz CT molecular complexity index is 571. The maximum atomic E-state index is 12.3. The quantitative estimate of drug-likeness (QED) is 0.901. The minimum absolute atomic E-state index is 0.156. The fourth-order valence-corrected chi connectivity index (χ4v) is 2.80. The summed E-state index contributed by atoms with van der Waals surface area (Å²) in [4.78, 5) is 24.9. The summed E-state index contributed by atoms with van der Waals surface area (Å²) < 4.78 is 10.9. The highest BCUT2D eigenvalue weighted by Gasteiger charge is 2.33. The molecular formula is C15H17NO5. The molecule has 6 nitrogen and oxygen atoms in total. The van der Waals surface area contributed by atoms with E-state index in [1.807, 2.05) is 6.07 Å². The number of carboxylic acid groups (broad SMARTS) is 1. The Morgan fingerprint density at radius 3 is 2.76 bits per heavy atom. The lowest BCUT2D eigenvalue weighted by Crippen LogP contribution is -2.41. The van der Waals surface area contributed by atoms with Crippen LogP contribution in [0.3, 0.4) is 0 Å². The van der Waals surface area contributed by atoms with Gasteiger partial charge in [0.2, 0.25) is 5.91 Å². The van der Waals surface area contributed by atoms with E-state index >= 15 is 0 Å². The number of carbonyl (C=O) groups is 2. The highest BCUT2D eigenvalue weighted by atomic mass is 16.6. The molecule has 6 heteroatoms. The molecule has 21 heavy (non-hydrogen) atoms. The first-order chi connectivity index (χ1) is 10.1. The molecule has 0 bridgehead atoms. The van der Waals surface area contributed by atoms with Gasteiger partial charge >= 0.3 is 5.97 Å². The van der Waals surface area contributed by atoms with Gasteiger partial charge in [-0.1, -0.05) is 6.07 Å². The average Bonchev–Trinajstić information content (AvgIpc) is 2.97. The molecule has 1 atom stereocenters. The minimum Gasteiger partial charge on any atom is -0.486 e. The predicted molar refractivity (Wildman–Crippen MR) is 73.5 cm³/mol. The molecular weight excluding hydrogens is 274 g/mol. The van der Waals surface area contributed by atoms with Crippen LogP contribution in [-0.2, 0) is 16.0 Å². The first-order valence-corrected chi connectivity index (χ1v) is 7.06. The molecule has 0 unspecified atom stereocenters. The van der Waals surface area contributed by atoms with Gasteiger partial charge in [-0.2, -0.15) is 0 Å². The van der Waals surface area contributed by atoms with Crippen molar-refractivity contribution >= 4 is 11.9 Å². The number of carbonyl (C=O) groups excluding carboxylic acids is 1. The molecule has 1 N–H and O–H groups in total. The molecule has 2 aliphatic heterocycles. The van der Waals surface area contributed by atoms with Gasteiger partial charge in [0.1, 0.15) is 19.3 Å². The van der Waals surface area contributed by atoms with Gasteiger partial charge in [0.05, 0.1) is 6.42 Å². The Kier molecular flexibility index (Phi) is 3.68. The number of likely N-dealkylation sites (tertiary alicyclic amines) is 1. The van der Waals surface area contributed by atoms with Crippen molar-refractivity contribution in [2.75, 3.05) is 19.8 Å². The fraction of sp³-hybridized carbons (Fsp3) is 0.467. The first-order valence-electron chi connectivity index (χ1n) is 7.06. The van der Waals surface area contributed by atoms with Crippen molar-refractivity contribution in [3.8, 4) is 11.5 Å². The number of hydrogen-bond donors (Lipinski definition) is 1. The predicted octanol–water partition coefficient (Wildman–Crippen LogP) is 1.08. The van der Waals surface area contributed by atoms with Gasteiger partial charge in [-0.3, -0.25) is 4.79 Å². The topological polar surface area (TPSA) is 76.1 Å². The van der Waals surface area contributed by atoms with Crippen LogP contribution in [0.25, 0.3) is 0 Å². The van der Waals surface area contributed by atoms with Crippen molar-refractivity contribution in [1.29, 1.82) is 0 Å². The Morgan fingerprint density at radius 1 is 1.24 bits per heavy atom. The highest BCUT2D eigenvalue weighted by molar-refractivity contribution is 5.85. The Morgan fingerprint density at radius 2 is 2.00 bits per heavy atom. The highest BCUT2D eigenvalue weighted by Crippen LogP contribution is 2.31. The zero-order chi connectivity index (χ0) is 14.8. The summed E-state index contributed by atoms with van der Waals surface area (Å²) in [6.45, 7) is 1.54. The van der Waals surface area contributed by atoms with E-state index in [1.165, 1.54) is 4.90 Å². The monoisotopic (exact) mass is 291 g/mol. The second kappa shape index (κ2) is 5.63. The molecule has 112 valence electrons. The molecule has 1 fully saturated rings. The second-order valence-electron chi connectivity index (χ2n) is 5.24. The van der Waals surface area contributed by atoms with E-state index < -0.39 is 12.0 Å². The van der Waals surface area contributed by atoms with E-state index in [4.69, 9.17) is 14.6 Å². The Labute approximate surface area is 122 Å². The third-order valence-electron chi connectivity index (χ3n) is 3.82. The summed E-state index contributed by atoms with van der Waals surface area (Å²) in [5, 5.41) is 9.13. The zero-order valence-electron chi connectivity index (χ0n) is 11.6. The minimum atomic E-state index is -0.928. The zero-order valence-corrected chi connectivity index (χ0v) is 11.6. The van der Waals surface area contributed by atoms with E-state index in [1.54, 1.807) is 12.1 Å². The number of nitrogens with zero attached hydrogens (tertiary/aromatic N) is 1. The summed E-state index contributed by atoms with van der Waals surface area (Å²) >= 11 is 0. The molecule has 2 aliphatic rings. The largest absolute Gasteiger partial charge is 0.486 e. The molecule has 0 saturated carbocycles. The molecule has 2 heterocycles. The van der Waals surface area contributed by atoms with Crippen LogP contribution in [0.5, 0.6) is 11.5 Å². The SMILES string of the molecule is O=C(O)[C@H]1CCCN1C(=O)Cc1ccc2c(c1)OCCO2. The van der Waals surface area contributed by atoms with Gasteiger partial charge in [-0.25, -0.2) is 4.79 Å². The molecule has 1 aromatic rings. The standard InChI is InChI=1S/C15H17NO5/c17-14(16-5-1-2-11(16)15(18)19)9-10-3-4-12-13(8-10)21-7-6-20-12/h3-4,8,11H,1-2,5-7,9H2,(H,18,19)/t11-/m1/s1. The van der Waals surface area contributed by atoms with Crippen LogP contribution in [0.4, 0.5) is 0 Å². The molecule has 0 radical (unpaired) electrons. The summed E-state index contributed by atoms with van der Waals surface area (Å²) in [5.74, 6) is 0.240. The molecule has 1 saturated heterocycles. The summed E-state index contributed by atoms with van der Waals surface area (Å²) in [5.41, 5.74) is 0.806. The van der Waals surface area contributed by atoms with Crippen molar-refractivity contribution in [3.63, 3.8) is 0 Å². The number of ether oxygens (including phenoxy) is 2. The number of benzene rings is 1. The molecule has 0 aliphatic carbocycles. The van der Waals surface area contributed by atoms with Crippen LogP contribution >= 0.6 is 0 Å². The van der Waals surface area contributed by atoms with Crippen molar-refractivity contribution < 1.29 is 24.2 Å². The van der Waals surface area contributed by atoms with E-state index in [0.717, 1.165) is 12.0 Å². The second-order valence-corrected chi connectivity index (χ2v) is 5.24. The van der Waals surface area contributed by atoms with E-state index in [-0.39, 0.29) is 12.3 Å². The summed E-state index contributed by atoms with van der Waals surface area (Å²) in [6, 6.07) is 4.71. The maximum absolute atomic E-state index is 12.3. The number of carboxylic acids is 1. The number of rotatable bonds is 3. The molecule has 0 spiro atoms. The van der Waals surface area contributed by atoms with Crippen LogP contribution in [0.15, 0.2) is 18.2 Å². The van der Waals surface area contributed by atoms with Crippen LogP contribution in [0, 0.1) is 0 Å². The number of aliphatic carboxylic acids is 1. The fourth-order valence-electron chi connectivity index (χ4n) is 2.80. The van der Waals surface area contributed by atoms with Gasteiger partial charge in [-0.05, 0) is 30.5 Å². The lowest BCUT2D eigenvalue weighted by atomic mass is 10.1. The molecule has 1 amide bonds. The summed E-state index contributed by atoms with van der Waals surface area (Å²) in [6.07, 6.45) is 1.45. The van der Waals surface area contributed by atoms with Crippen molar-refractivity contribution in [2.45, 2.75) is 25.3 Å². The van der Waals surface area contributed by atoms with Crippen molar-refractivity contribution in [3.05, 3.63) is 23.8 Å². The van der Waals surface area contributed by atoms with Gasteiger partial charge in [0, 0.05) is 6.54 Å². The third-order valence-corrected chi connectivity index (χ3v) is 3.82. The lowest BCUT2D eigenvalue weighted by Gasteiger charge is -2.22. The van der Waals surface area contributed by atoms with Crippen LogP contribution in [-0.4, -0.2) is 47.7 Å². The normalized spacial score (nSPS) is 20.4. The first kappa shape index (κ1) is 13.7. The molecule has 1 aromatic carbocycles. The van der Waals surface area contributed by atoms with Crippen LogP contribution in [0.2, 0.25) is 0 Å². The van der Waals surface area contributed by atoms with Crippen LogP contribution < -0.4 is 9.47 Å². The number of fused-ring (bicyclic) bond motifs is 1. The molecule has 0 aromatic heterocycles. The third kappa shape index (κ3) is 2.79. The van der Waals surface area contributed by atoms with Crippen molar-refractivity contribution in [2.24, 2.45) is 0 Å². The lowest BCUT2D eigenvalue weighted by molar-refractivity contribution is -0.148. The van der Waals surface area contributed by atoms with Gasteiger partial charge in [0.25, 0.3) is 0 Å². The summed E-state index contributed by atoms with van der Waals surface area (Å²) in [7, 11) is 0. The van der Waals surface area contributed by atoms with E-state index in [9.17, 15) is 9.59 Å². The van der Waals surface area contributed by atoms with E-state index in [0.29, 0.717) is 37.7 Å². The Balaban J connectivity index is 1.71. The van der Waals surface area contributed by atoms with Gasteiger partial charge in [-0.15, -0.1) is 0 Å². The maximum Gasteiger partial charge on any atom is 0.326 e. The number of amides is 1.